The third kappa shape index (κ3) is 67.2. The van der Waals surface area contributed by atoms with Crippen LogP contribution in [0.4, 0.5) is 0 Å². The number of hydrogen-bond donors (Lipinski definition) is 0. The van der Waals surface area contributed by atoms with Crippen LogP contribution in [0.1, 0.15) is 265 Å². The molecule has 0 aliphatic carbocycles. The van der Waals surface area contributed by atoms with E-state index in [4.69, 9.17) is 14.2 Å². The van der Waals surface area contributed by atoms with Gasteiger partial charge in [-0.2, -0.15) is 0 Å². The minimum atomic E-state index is -0.831. The Morgan fingerprint density at radius 3 is 0.735 bits per heavy atom. The highest BCUT2D eigenvalue weighted by molar-refractivity contribution is 5.71. The fourth-order valence-electron chi connectivity index (χ4n) is 8.53. The second-order valence-electron chi connectivity index (χ2n) is 21.2. The molecule has 1 unspecified atom stereocenters. The molecule has 0 spiro atoms. The average Bonchev–Trinajstić information content (AvgIpc) is 3.49. The summed E-state index contributed by atoms with van der Waals surface area (Å²) >= 11 is 0. The van der Waals surface area contributed by atoms with Gasteiger partial charge < -0.3 is 14.2 Å². The fourth-order valence-corrected chi connectivity index (χ4v) is 8.53. The normalized spacial score (nSPS) is 13.3. The van der Waals surface area contributed by atoms with E-state index in [9.17, 15) is 14.4 Å². The lowest BCUT2D eigenvalue weighted by atomic mass is 10.0. The van der Waals surface area contributed by atoms with E-state index in [-0.39, 0.29) is 44.0 Å². The van der Waals surface area contributed by atoms with Gasteiger partial charge in [-0.3, -0.25) is 14.4 Å². The number of unbranched alkanes of at least 4 members (excludes halogenated alkanes) is 17. The van der Waals surface area contributed by atoms with Gasteiger partial charge in [0.2, 0.25) is 0 Å². The first kappa shape index (κ1) is 77.5. The number of allylic oxidation sites excluding steroid dienone is 30. The fraction of sp³-hybridized carbons (Fsp3) is 0.571. The van der Waals surface area contributed by atoms with E-state index < -0.39 is 6.10 Å². The Balaban J connectivity index is 4.45. The van der Waals surface area contributed by atoms with Crippen molar-refractivity contribution < 1.29 is 28.6 Å². The monoisotopic (exact) mass is 1140 g/mol. The van der Waals surface area contributed by atoms with Crippen molar-refractivity contribution in [1.82, 2.24) is 0 Å². The van der Waals surface area contributed by atoms with Crippen LogP contribution >= 0.6 is 0 Å². The van der Waals surface area contributed by atoms with Gasteiger partial charge in [0.05, 0.1) is 0 Å². The molecule has 0 bridgehead atoms. The Hall–Kier alpha value is -5.49. The quantitative estimate of drug-likeness (QED) is 0.0261. The Labute approximate surface area is 510 Å². The number of carbonyl (C=O) groups is 3. The van der Waals surface area contributed by atoms with Gasteiger partial charge in [-0.1, -0.05) is 280 Å². The number of esters is 3. The molecule has 83 heavy (non-hydrogen) atoms. The number of carbonyl (C=O) groups excluding carboxylic acids is 3. The second kappa shape index (κ2) is 69.0. The van der Waals surface area contributed by atoms with Crippen molar-refractivity contribution in [3.05, 3.63) is 182 Å². The standard InChI is InChI=1S/C77H120O6/c1-4-7-10-13-16-19-22-25-28-31-33-34-35-36-37-38-39-40-41-42-44-46-49-52-55-58-61-64-67-70-76(79)82-73-74(72-81-75(78)69-66-63-60-57-54-51-48-45-30-27-24-21-18-15-12-9-6-3)83-77(80)71-68-65-62-59-56-53-50-47-43-32-29-26-23-20-17-14-11-8-5-2/h7-12,16-21,25-30,33-34,36-37,43,47-48,51,53,56-57,60,74H,4-6,13-15,22-24,31-32,35,38-42,44-46,49-50,52,54-55,58-59,61-73H2,1-3H3/b10-7-,11-8-,12-9-,19-16-,20-17-,21-18-,28-25-,29-26-,30-27-,34-33-,37-36-,47-43-,51-48-,56-53-,60-57-. The molecule has 0 amide bonds. The van der Waals surface area contributed by atoms with Crippen LogP contribution in [-0.2, 0) is 28.6 Å². The lowest BCUT2D eigenvalue weighted by Crippen LogP contribution is -2.30. The van der Waals surface area contributed by atoms with Gasteiger partial charge in [-0.25, -0.2) is 0 Å². The van der Waals surface area contributed by atoms with Crippen molar-refractivity contribution in [3.63, 3.8) is 0 Å². The van der Waals surface area contributed by atoms with E-state index in [2.05, 4.69) is 203 Å². The van der Waals surface area contributed by atoms with Crippen molar-refractivity contribution in [2.75, 3.05) is 13.2 Å². The third-order valence-electron chi connectivity index (χ3n) is 13.4. The van der Waals surface area contributed by atoms with Crippen LogP contribution < -0.4 is 0 Å². The Morgan fingerprint density at radius 2 is 0.446 bits per heavy atom. The summed E-state index contributed by atoms with van der Waals surface area (Å²) in [5.41, 5.74) is 0. The first-order valence-electron chi connectivity index (χ1n) is 33.3. The largest absolute Gasteiger partial charge is 0.462 e. The highest BCUT2D eigenvalue weighted by Gasteiger charge is 2.19. The molecule has 0 saturated carbocycles. The van der Waals surface area contributed by atoms with Crippen LogP contribution in [0.5, 0.6) is 0 Å². The van der Waals surface area contributed by atoms with E-state index in [0.29, 0.717) is 19.3 Å². The van der Waals surface area contributed by atoms with Crippen molar-refractivity contribution in [2.45, 2.75) is 271 Å². The molecule has 0 saturated heterocycles. The molecule has 6 nitrogen and oxygen atoms in total. The number of rotatable bonds is 58. The van der Waals surface area contributed by atoms with Crippen molar-refractivity contribution in [2.24, 2.45) is 0 Å². The maximum atomic E-state index is 12.9. The van der Waals surface area contributed by atoms with Crippen LogP contribution in [0.15, 0.2) is 182 Å². The molecule has 1 atom stereocenters. The summed E-state index contributed by atoms with van der Waals surface area (Å²) in [7, 11) is 0. The Morgan fingerprint density at radius 1 is 0.241 bits per heavy atom. The molecule has 464 valence electrons. The summed E-state index contributed by atoms with van der Waals surface area (Å²) in [6.45, 7) is 6.22. The summed E-state index contributed by atoms with van der Waals surface area (Å²) in [4.78, 5) is 38.4. The van der Waals surface area contributed by atoms with Gasteiger partial charge in [-0.15, -0.1) is 0 Å². The Kier molecular flexibility index (Phi) is 64.4. The minimum absolute atomic E-state index is 0.118. The van der Waals surface area contributed by atoms with Crippen molar-refractivity contribution in [1.29, 1.82) is 0 Å². The van der Waals surface area contributed by atoms with E-state index in [1.165, 1.54) is 70.6 Å². The third-order valence-corrected chi connectivity index (χ3v) is 13.4. The molecule has 0 aromatic carbocycles. The van der Waals surface area contributed by atoms with Gasteiger partial charge >= 0.3 is 17.9 Å². The molecule has 0 N–H and O–H groups in total. The molecule has 6 heteroatoms. The second-order valence-corrected chi connectivity index (χ2v) is 21.2. The molecular weight excluding hydrogens is 1020 g/mol. The van der Waals surface area contributed by atoms with Gasteiger partial charge in [0, 0.05) is 19.3 Å². The number of hydrogen-bond acceptors (Lipinski definition) is 6. The zero-order chi connectivity index (χ0) is 59.9. The van der Waals surface area contributed by atoms with Crippen molar-refractivity contribution in [3.8, 4) is 0 Å². The molecule has 0 aromatic rings. The average molecular weight is 1140 g/mol. The zero-order valence-corrected chi connectivity index (χ0v) is 53.1. The van der Waals surface area contributed by atoms with Gasteiger partial charge in [-0.05, 0) is 148 Å². The predicted molar refractivity (Wildman–Crippen MR) is 361 cm³/mol. The van der Waals surface area contributed by atoms with E-state index in [0.717, 1.165) is 141 Å². The van der Waals surface area contributed by atoms with Crippen molar-refractivity contribution >= 4 is 17.9 Å². The molecule has 0 radical (unpaired) electrons. The van der Waals surface area contributed by atoms with Crippen LogP contribution in [0.25, 0.3) is 0 Å². The molecule has 0 heterocycles. The predicted octanol–water partition coefficient (Wildman–Crippen LogP) is 23.2. The summed E-state index contributed by atoms with van der Waals surface area (Å²) in [6.07, 6.45) is 103. The van der Waals surface area contributed by atoms with E-state index in [1.807, 2.05) is 0 Å². The minimum Gasteiger partial charge on any atom is -0.462 e. The molecule has 0 aliphatic rings. The van der Waals surface area contributed by atoms with Crippen LogP contribution in [-0.4, -0.2) is 37.2 Å². The lowest BCUT2D eigenvalue weighted by molar-refractivity contribution is -0.167. The van der Waals surface area contributed by atoms with Gasteiger partial charge in [0.1, 0.15) is 13.2 Å². The summed E-state index contributed by atoms with van der Waals surface area (Å²) < 4.78 is 16.9. The summed E-state index contributed by atoms with van der Waals surface area (Å²) in [5, 5.41) is 0. The molecule has 0 rings (SSSR count). The maximum absolute atomic E-state index is 12.9. The topological polar surface area (TPSA) is 78.9 Å². The maximum Gasteiger partial charge on any atom is 0.306 e. The SMILES string of the molecule is CC/C=C\C/C=C\C/C=C\C/C=C\C/C=C\CCCCCCCCCCCCCCCC(=O)OCC(COC(=O)CCC/C=C\C/C=C\C/C=C\C/C=C\C/C=C\CC)OC(=O)CCCCC/C=C\C/C=C\C/C=C\C/C=C\C/C=C\CC. The molecular formula is C77H120O6. The summed E-state index contributed by atoms with van der Waals surface area (Å²) in [6, 6.07) is 0. The first-order chi connectivity index (χ1) is 41.0. The zero-order valence-electron chi connectivity index (χ0n) is 53.1. The van der Waals surface area contributed by atoms with Crippen LogP contribution in [0.2, 0.25) is 0 Å². The highest BCUT2D eigenvalue weighted by Crippen LogP contribution is 2.15. The van der Waals surface area contributed by atoms with Gasteiger partial charge in [0.25, 0.3) is 0 Å². The highest BCUT2D eigenvalue weighted by atomic mass is 16.6. The molecule has 0 fully saturated rings. The van der Waals surface area contributed by atoms with Gasteiger partial charge in [0.15, 0.2) is 6.10 Å². The summed E-state index contributed by atoms with van der Waals surface area (Å²) in [5.74, 6) is -1.02. The number of ether oxygens (including phenoxy) is 3. The smallest absolute Gasteiger partial charge is 0.306 e. The Bertz CT molecular complexity index is 1940. The van der Waals surface area contributed by atoms with E-state index in [1.54, 1.807) is 0 Å². The molecule has 0 aromatic heterocycles. The molecule has 0 aliphatic heterocycles. The first-order valence-corrected chi connectivity index (χ1v) is 33.3. The van der Waals surface area contributed by atoms with Crippen LogP contribution in [0, 0.1) is 0 Å². The van der Waals surface area contributed by atoms with Crippen LogP contribution in [0.3, 0.4) is 0 Å². The van der Waals surface area contributed by atoms with E-state index >= 15 is 0 Å². The lowest BCUT2D eigenvalue weighted by Gasteiger charge is -2.18.